The van der Waals surface area contributed by atoms with Crippen LogP contribution in [0.4, 0.5) is 0 Å². The summed E-state index contributed by atoms with van der Waals surface area (Å²) >= 11 is 0. The van der Waals surface area contributed by atoms with Gasteiger partial charge in [0.25, 0.3) is 0 Å². The minimum Gasteiger partial charge on any atom is -0.497 e. The predicted octanol–water partition coefficient (Wildman–Crippen LogP) is 3.96. The van der Waals surface area contributed by atoms with Crippen LogP contribution < -0.4 is 9.47 Å². The van der Waals surface area contributed by atoms with Crippen molar-refractivity contribution in [1.29, 1.82) is 0 Å². The van der Waals surface area contributed by atoms with Crippen molar-refractivity contribution in [1.82, 2.24) is 15.0 Å². The fourth-order valence-corrected chi connectivity index (χ4v) is 3.54. The molecule has 27 heavy (non-hydrogen) atoms. The number of hydrogen-bond donors (Lipinski definition) is 0. The summed E-state index contributed by atoms with van der Waals surface area (Å²) < 4.78 is 11.2. The molecule has 3 aromatic rings. The van der Waals surface area contributed by atoms with Crippen LogP contribution in [-0.2, 0) is 12.8 Å². The van der Waals surface area contributed by atoms with E-state index in [1.165, 1.54) is 5.56 Å². The molecule has 0 aliphatic carbocycles. The van der Waals surface area contributed by atoms with Crippen molar-refractivity contribution in [3.63, 3.8) is 0 Å². The van der Waals surface area contributed by atoms with Crippen LogP contribution in [-0.4, -0.2) is 28.7 Å². The SMILES string of the molecule is COc1ccc2c(c1)OC[C@@H](Cc1nccc(-c3ccc(C)nc3C)n1)C2. The zero-order valence-electron chi connectivity index (χ0n) is 15.9. The Balaban J connectivity index is 1.52. The molecule has 1 atom stereocenters. The molecule has 4 rings (SSSR count). The minimum atomic E-state index is 0.360. The molecule has 5 heteroatoms. The summed E-state index contributed by atoms with van der Waals surface area (Å²) in [6, 6.07) is 12.1. The number of fused-ring (bicyclic) bond motifs is 1. The van der Waals surface area contributed by atoms with Gasteiger partial charge < -0.3 is 9.47 Å². The molecule has 0 unspecified atom stereocenters. The molecule has 0 fully saturated rings. The highest BCUT2D eigenvalue weighted by Gasteiger charge is 2.22. The monoisotopic (exact) mass is 361 g/mol. The number of rotatable bonds is 4. The number of nitrogens with zero attached hydrogens (tertiary/aromatic N) is 3. The number of benzene rings is 1. The van der Waals surface area contributed by atoms with E-state index in [1.54, 1.807) is 7.11 Å². The molecule has 0 bridgehead atoms. The second-order valence-electron chi connectivity index (χ2n) is 7.00. The lowest BCUT2D eigenvalue weighted by atomic mass is 9.93. The Bertz CT molecular complexity index is 972. The molecule has 1 aromatic carbocycles. The highest BCUT2D eigenvalue weighted by atomic mass is 16.5. The molecule has 1 aliphatic rings. The van der Waals surface area contributed by atoms with Gasteiger partial charge in [0, 0.05) is 41.6 Å². The third-order valence-electron chi connectivity index (χ3n) is 4.94. The zero-order chi connectivity index (χ0) is 18.8. The van der Waals surface area contributed by atoms with Crippen LogP contribution in [0.15, 0.2) is 42.6 Å². The first-order valence-corrected chi connectivity index (χ1v) is 9.18. The van der Waals surface area contributed by atoms with Gasteiger partial charge in [-0.3, -0.25) is 4.98 Å². The second-order valence-corrected chi connectivity index (χ2v) is 7.00. The summed E-state index contributed by atoms with van der Waals surface area (Å²) in [7, 11) is 1.67. The molecular weight excluding hydrogens is 338 g/mol. The first-order valence-electron chi connectivity index (χ1n) is 9.18. The lowest BCUT2D eigenvalue weighted by Gasteiger charge is -2.25. The van der Waals surface area contributed by atoms with Gasteiger partial charge in [-0.05, 0) is 50.1 Å². The van der Waals surface area contributed by atoms with E-state index in [4.69, 9.17) is 14.5 Å². The predicted molar refractivity (Wildman–Crippen MR) is 104 cm³/mol. The second kappa shape index (κ2) is 7.35. The van der Waals surface area contributed by atoms with Crippen molar-refractivity contribution in [3.05, 3.63) is 65.4 Å². The maximum absolute atomic E-state index is 5.95. The highest BCUT2D eigenvalue weighted by Crippen LogP contribution is 2.32. The summed E-state index contributed by atoms with van der Waals surface area (Å²) in [6.07, 6.45) is 3.58. The van der Waals surface area contributed by atoms with Gasteiger partial charge in [-0.2, -0.15) is 0 Å². The van der Waals surface area contributed by atoms with Gasteiger partial charge in [-0.1, -0.05) is 6.07 Å². The van der Waals surface area contributed by atoms with Gasteiger partial charge >= 0.3 is 0 Å². The van der Waals surface area contributed by atoms with Crippen LogP contribution in [0.5, 0.6) is 11.5 Å². The Morgan fingerprint density at radius 1 is 1.11 bits per heavy atom. The number of pyridine rings is 1. The van der Waals surface area contributed by atoms with Gasteiger partial charge in [0.15, 0.2) is 0 Å². The Kier molecular flexibility index (Phi) is 4.75. The first-order chi connectivity index (χ1) is 13.1. The largest absolute Gasteiger partial charge is 0.497 e. The summed E-state index contributed by atoms with van der Waals surface area (Å²) in [6.45, 7) is 4.68. The molecule has 1 aliphatic heterocycles. The number of aryl methyl sites for hydroxylation is 2. The van der Waals surface area contributed by atoms with Gasteiger partial charge in [-0.15, -0.1) is 0 Å². The van der Waals surface area contributed by atoms with Crippen LogP contribution in [0.2, 0.25) is 0 Å². The van der Waals surface area contributed by atoms with Crippen LogP contribution in [0.3, 0.4) is 0 Å². The van der Waals surface area contributed by atoms with E-state index in [9.17, 15) is 0 Å². The van der Waals surface area contributed by atoms with Gasteiger partial charge in [-0.25, -0.2) is 9.97 Å². The normalized spacial score (nSPS) is 15.7. The molecule has 2 aromatic heterocycles. The quantitative estimate of drug-likeness (QED) is 0.704. The van der Waals surface area contributed by atoms with Crippen molar-refractivity contribution in [2.24, 2.45) is 5.92 Å². The van der Waals surface area contributed by atoms with Crippen LogP contribution in [0, 0.1) is 19.8 Å². The van der Waals surface area contributed by atoms with Gasteiger partial charge in [0.05, 0.1) is 19.4 Å². The lowest BCUT2D eigenvalue weighted by Crippen LogP contribution is -2.23. The van der Waals surface area contributed by atoms with Gasteiger partial charge in [0.1, 0.15) is 17.3 Å². The Hall–Kier alpha value is -2.95. The van der Waals surface area contributed by atoms with E-state index in [-0.39, 0.29) is 0 Å². The molecule has 0 spiro atoms. The van der Waals surface area contributed by atoms with E-state index in [1.807, 2.05) is 44.3 Å². The van der Waals surface area contributed by atoms with Crippen LogP contribution in [0.25, 0.3) is 11.3 Å². The number of hydrogen-bond acceptors (Lipinski definition) is 5. The summed E-state index contributed by atoms with van der Waals surface area (Å²) in [4.78, 5) is 13.8. The molecule has 138 valence electrons. The minimum absolute atomic E-state index is 0.360. The molecule has 0 radical (unpaired) electrons. The smallest absolute Gasteiger partial charge is 0.129 e. The average molecular weight is 361 g/mol. The summed E-state index contributed by atoms with van der Waals surface area (Å²) in [5.74, 6) is 2.95. The number of methoxy groups -OCH3 is 1. The number of ether oxygens (including phenoxy) is 2. The molecule has 0 saturated carbocycles. The molecule has 3 heterocycles. The fourth-order valence-electron chi connectivity index (χ4n) is 3.54. The summed E-state index contributed by atoms with van der Waals surface area (Å²) in [5, 5.41) is 0. The third-order valence-corrected chi connectivity index (χ3v) is 4.94. The van der Waals surface area contributed by atoms with Crippen molar-refractivity contribution < 1.29 is 9.47 Å². The zero-order valence-corrected chi connectivity index (χ0v) is 15.9. The van der Waals surface area contributed by atoms with Crippen LogP contribution in [0.1, 0.15) is 22.8 Å². The fraction of sp³-hybridized carbons (Fsp3) is 0.318. The standard InChI is InChI=1S/C22H23N3O2/c1-14-4-7-19(15(2)24-14)20-8-9-23-22(25-20)11-16-10-17-5-6-18(26-3)12-21(17)27-13-16/h4-9,12,16H,10-11,13H2,1-3H3/t16-/m1/s1. The van der Waals surface area contributed by atoms with E-state index in [0.717, 1.165) is 52.8 Å². The van der Waals surface area contributed by atoms with Crippen molar-refractivity contribution in [3.8, 4) is 22.8 Å². The first kappa shape index (κ1) is 17.5. The average Bonchev–Trinajstić information content (AvgIpc) is 2.68. The summed E-state index contributed by atoms with van der Waals surface area (Å²) in [5.41, 5.74) is 5.19. The highest BCUT2D eigenvalue weighted by molar-refractivity contribution is 5.61. The Morgan fingerprint density at radius 2 is 2.00 bits per heavy atom. The molecule has 0 amide bonds. The molecule has 0 saturated heterocycles. The van der Waals surface area contributed by atoms with Crippen molar-refractivity contribution >= 4 is 0 Å². The van der Waals surface area contributed by atoms with E-state index in [2.05, 4.69) is 22.1 Å². The van der Waals surface area contributed by atoms with E-state index < -0.39 is 0 Å². The Labute approximate surface area is 159 Å². The van der Waals surface area contributed by atoms with Crippen molar-refractivity contribution in [2.75, 3.05) is 13.7 Å². The topological polar surface area (TPSA) is 57.1 Å². The third kappa shape index (κ3) is 3.77. The van der Waals surface area contributed by atoms with Crippen LogP contribution >= 0.6 is 0 Å². The Morgan fingerprint density at radius 3 is 2.81 bits per heavy atom. The molecular formula is C22H23N3O2. The van der Waals surface area contributed by atoms with E-state index in [0.29, 0.717) is 12.5 Å². The molecule has 5 nitrogen and oxygen atoms in total. The number of aromatic nitrogens is 3. The van der Waals surface area contributed by atoms with Gasteiger partial charge in [0.2, 0.25) is 0 Å². The maximum atomic E-state index is 5.95. The van der Waals surface area contributed by atoms with E-state index >= 15 is 0 Å². The maximum Gasteiger partial charge on any atom is 0.129 e. The molecule has 0 N–H and O–H groups in total. The van der Waals surface area contributed by atoms with Crippen molar-refractivity contribution in [2.45, 2.75) is 26.7 Å². The lowest BCUT2D eigenvalue weighted by molar-refractivity contribution is 0.218.